The molecule has 0 bridgehead atoms. The average molecular weight is 374 g/mol. The molecule has 0 saturated heterocycles. The molecule has 0 heterocycles. The predicted octanol–water partition coefficient (Wildman–Crippen LogP) is 2.26. The molecule has 7 nitrogen and oxygen atoms in total. The minimum atomic E-state index is -3.81. The third kappa shape index (κ3) is 5.25. The lowest BCUT2D eigenvalue weighted by molar-refractivity contribution is -0.115. The minimum absolute atomic E-state index is 0.00480. The smallest absolute Gasteiger partial charge is 0.221 e. The highest BCUT2D eigenvalue weighted by atomic mass is 32.2. The molecule has 0 aliphatic heterocycles. The summed E-state index contributed by atoms with van der Waals surface area (Å²) in [4.78, 5) is 34.2. The Bertz CT molecular complexity index is 933. The molecule has 2 aromatic carbocycles. The van der Waals surface area contributed by atoms with Crippen LogP contribution in [0.2, 0.25) is 0 Å². The summed E-state index contributed by atoms with van der Waals surface area (Å²) in [6.07, 6.45) is 0. The fourth-order valence-corrected chi connectivity index (χ4v) is 3.46. The van der Waals surface area contributed by atoms with Crippen LogP contribution in [0.1, 0.15) is 24.2 Å². The molecular weight excluding hydrogens is 356 g/mol. The maximum atomic E-state index is 12.4. The van der Waals surface area contributed by atoms with Gasteiger partial charge in [-0.05, 0) is 48.5 Å². The maximum absolute atomic E-state index is 12.4. The number of hydrogen-bond acceptors (Lipinski definition) is 5. The van der Waals surface area contributed by atoms with Gasteiger partial charge >= 0.3 is 0 Å². The van der Waals surface area contributed by atoms with Crippen LogP contribution >= 0.6 is 0 Å². The highest BCUT2D eigenvalue weighted by molar-refractivity contribution is 7.92. The van der Waals surface area contributed by atoms with E-state index in [-0.39, 0.29) is 22.3 Å². The summed E-state index contributed by atoms with van der Waals surface area (Å²) in [5.41, 5.74) is 1.22. The van der Waals surface area contributed by atoms with Crippen molar-refractivity contribution in [2.45, 2.75) is 18.7 Å². The second-order valence-corrected chi connectivity index (χ2v) is 7.64. The van der Waals surface area contributed by atoms with Crippen LogP contribution in [0.3, 0.4) is 0 Å². The van der Waals surface area contributed by atoms with Crippen molar-refractivity contribution >= 4 is 38.8 Å². The number of ketones is 1. The summed E-state index contributed by atoms with van der Waals surface area (Å²) in [6.45, 7) is 2.71. The van der Waals surface area contributed by atoms with E-state index in [2.05, 4.69) is 10.6 Å². The number of rotatable bonds is 6. The van der Waals surface area contributed by atoms with Crippen LogP contribution in [0.25, 0.3) is 0 Å². The van der Waals surface area contributed by atoms with Crippen LogP contribution in [0.15, 0.2) is 53.4 Å². The molecule has 0 radical (unpaired) electrons. The highest BCUT2D eigenvalue weighted by Gasteiger charge is 2.20. The third-order valence-electron chi connectivity index (χ3n) is 3.38. The number of amides is 2. The van der Waals surface area contributed by atoms with Gasteiger partial charge in [0, 0.05) is 30.8 Å². The lowest BCUT2D eigenvalue weighted by Crippen LogP contribution is -2.16. The molecule has 136 valence electrons. The Hall–Kier alpha value is -3.00. The van der Waals surface area contributed by atoms with Crippen LogP contribution in [-0.4, -0.2) is 31.8 Å². The molecule has 0 atom stereocenters. The Kier molecular flexibility index (Phi) is 5.89. The summed E-state index contributed by atoms with van der Waals surface area (Å²) >= 11 is 0. The van der Waals surface area contributed by atoms with E-state index in [1.807, 2.05) is 0 Å². The Morgan fingerprint density at radius 2 is 1.19 bits per heavy atom. The summed E-state index contributed by atoms with van der Waals surface area (Å²) in [5, 5.41) is 5.10. The van der Waals surface area contributed by atoms with Crippen molar-refractivity contribution in [2.75, 3.05) is 16.4 Å². The van der Waals surface area contributed by atoms with Gasteiger partial charge in [-0.15, -0.1) is 0 Å². The largest absolute Gasteiger partial charge is 0.326 e. The van der Waals surface area contributed by atoms with Gasteiger partial charge in [-0.2, -0.15) is 0 Å². The van der Waals surface area contributed by atoms with Crippen LogP contribution in [0.5, 0.6) is 0 Å². The number of sulfone groups is 1. The molecule has 2 aromatic rings. The van der Waals surface area contributed by atoms with Crippen LogP contribution in [0.4, 0.5) is 11.4 Å². The molecule has 2 N–H and O–H groups in total. The highest BCUT2D eigenvalue weighted by Crippen LogP contribution is 2.17. The molecule has 8 heteroatoms. The van der Waals surface area contributed by atoms with Crippen LogP contribution < -0.4 is 10.6 Å². The summed E-state index contributed by atoms with van der Waals surface area (Å²) in [6, 6.07) is 11.6. The average Bonchev–Trinajstić information content (AvgIpc) is 2.54. The van der Waals surface area contributed by atoms with Gasteiger partial charge < -0.3 is 10.6 Å². The third-order valence-corrected chi connectivity index (χ3v) is 5.01. The van der Waals surface area contributed by atoms with Gasteiger partial charge in [-0.25, -0.2) is 8.42 Å². The number of hydrogen-bond donors (Lipinski definition) is 2. The zero-order valence-electron chi connectivity index (χ0n) is 14.3. The molecule has 0 unspecified atom stereocenters. The van der Waals surface area contributed by atoms with Gasteiger partial charge in [0.2, 0.25) is 11.8 Å². The topological polar surface area (TPSA) is 109 Å². The van der Waals surface area contributed by atoms with E-state index in [0.717, 1.165) is 0 Å². The molecule has 0 spiro atoms. The quantitative estimate of drug-likeness (QED) is 0.754. The van der Waals surface area contributed by atoms with Crippen LogP contribution in [-0.2, 0) is 19.4 Å². The number of benzene rings is 2. The first-order valence-electron chi connectivity index (χ1n) is 7.68. The van der Waals surface area contributed by atoms with E-state index in [4.69, 9.17) is 0 Å². The number of carbonyl (C=O) groups excluding carboxylic acids is 3. The van der Waals surface area contributed by atoms with Crippen molar-refractivity contribution < 1.29 is 22.8 Å². The predicted molar refractivity (Wildman–Crippen MR) is 97.9 cm³/mol. The van der Waals surface area contributed by atoms with Crippen molar-refractivity contribution in [3.63, 3.8) is 0 Å². The molecule has 0 saturated carbocycles. The molecule has 0 aliphatic carbocycles. The first kappa shape index (κ1) is 19.3. The van der Waals surface area contributed by atoms with Crippen molar-refractivity contribution in [2.24, 2.45) is 0 Å². The Labute approximate surface area is 151 Å². The standard InChI is InChI=1S/C18H18N2O5S/c1-12(21)19-15-5-3-14(4-6-15)18(23)11-26(24,25)17-9-7-16(8-10-17)20-13(2)22/h3-10H,11H2,1-2H3,(H,19,21)(H,20,22). The fourth-order valence-electron chi connectivity index (χ4n) is 2.23. The number of Topliss-reactive ketones (excluding diaryl/α,β-unsaturated/α-hetero) is 1. The molecule has 26 heavy (non-hydrogen) atoms. The summed E-state index contributed by atoms with van der Waals surface area (Å²) in [5.74, 6) is -1.73. The zero-order valence-corrected chi connectivity index (χ0v) is 15.1. The van der Waals surface area contributed by atoms with Gasteiger partial charge in [0.05, 0.1) is 4.90 Å². The number of nitrogens with one attached hydrogen (secondary N) is 2. The number of carbonyl (C=O) groups is 3. The molecule has 2 rings (SSSR count). The molecule has 0 aromatic heterocycles. The molecular formula is C18H18N2O5S. The van der Waals surface area contributed by atoms with E-state index in [1.54, 1.807) is 0 Å². The normalized spacial score (nSPS) is 10.8. The van der Waals surface area contributed by atoms with E-state index < -0.39 is 21.4 Å². The Balaban J connectivity index is 2.11. The monoisotopic (exact) mass is 374 g/mol. The van der Waals surface area contributed by atoms with Crippen molar-refractivity contribution in [3.8, 4) is 0 Å². The van der Waals surface area contributed by atoms with E-state index in [1.165, 1.54) is 62.4 Å². The minimum Gasteiger partial charge on any atom is -0.326 e. The summed E-state index contributed by atoms with van der Waals surface area (Å²) in [7, 11) is -3.81. The van der Waals surface area contributed by atoms with Gasteiger partial charge in [0.1, 0.15) is 5.75 Å². The van der Waals surface area contributed by atoms with Crippen molar-refractivity contribution in [1.29, 1.82) is 0 Å². The van der Waals surface area contributed by atoms with Crippen LogP contribution in [0, 0.1) is 0 Å². The van der Waals surface area contributed by atoms with E-state index in [0.29, 0.717) is 11.4 Å². The molecule has 2 amide bonds. The fraction of sp³-hybridized carbons (Fsp3) is 0.167. The first-order chi connectivity index (χ1) is 12.2. The van der Waals surface area contributed by atoms with E-state index in [9.17, 15) is 22.8 Å². The van der Waals surface area contributed by atoms with Gasteiger partial charge in [0.25, 0.3) is 0 Å². The zero-order chi connectivity index (χ0) is 19.3. The Morgan fingerprint density at radius 3 is 1.62 bits per heavy atom. The van der Waals surface area contributed by atoms with E-state index >= 15 is 0 Å². The van der Waals surface area contributed by atoms with Crippen molar-refractivity contribution in [1.82, 2.24) is 0 Å². The van der Waals surface area contributed by atoms with Gasteiger partial charge in [-0.3, -0.25) is 14.4 Å². The first-order valence-corrected chi connectivity index (χ1v) is 9.34. The SMILES string of the molecule is CC(=O)Nc1ccc(C(=O)CS(=O)(=O)c2ccc(NC(C)=O)cc2)cc1. The molecule has 0 fully saturated rings. The molecule has 0 aliphatic rings. The maximum Gasteiger partial charge on any atom is 0.221 e. The number of anilines is 2. The van der Waals surface area contributed by atoms with Crippen molar-refractivity contribution in [3.05, 3.63) is 54.1 Å². The van der Waals surface area contributed by atoms with Gasteiger partial charge in [0.15, 0.2) is 15.6 Å². The Morgan fingerprint density at radius 1 is 0.769 bits per heavy atom. The lowest BCUT2D eigenvalue weighted by Gasteiger charge is -2.07. The summed E-state index contributed by atoms with van der Waals surface area (Å²) < 4.78 is 24.8. The van der Waals surface area contributed by atoms with Gasteiger partial charge in [-0.1, -0.05) is 0 Å². The lowest BCUT2D eigenvalue weighted by atomic mass is 10.1. The second-order valence-electron chi connectivity index (χ2n) is 5.65. The second kappa shape index (κ2) is 7.92.